The predicted octanol–water partition coefficient (Wildman–Crippen LogP) is 2.96. The van der Waals surface area contributed by atoms with E-state index in [9.17, 15) is 9.59 Å². The fourth-order valence-corrected chi connectivity index (χ4v) is 3.05. The van der Waals surface area contributed by atoms with Crippen LogP contribution in [0.15, 0.2) is 65.8 Å². The van der Waals surface area contributed by atoms with Crippen LogP contribution in [0.2, 0.25) is 0 Å². The molecular formula is C22H21N5O4. The first-order chi connectivity index (χ1) is 15.0. The Morgan fingerprint density at radius 1 is 1.03 bits per heavy atom. The molecule has 0 radical (unpaired) electrons. The van der Waals surface area contributed by atoms with Crippen molar-refractivity contribution in [1.29, 1.82) is 0 Å². The minimum Gasteiger partial charge on any atom is -0.494 e. The third-order valence-electron chi connectivity index (χ3n) is 4.54. The second-order valence-electron chi connectivity index (χ2n) is 6.76. The Balaban J connectivity index is 1.38. The van der Waals surface area contributed by atoms with Gasteiger partial charge in [0.2, 0.25) is 5.91 Å². The Morgan fingerprint density at radius 2 is 1.68 bits per heavy atom. The lowest BCUT2D eigenvalue weighted by molar-refractivity contribution is -0.116. The minimum absolute atomic E-state index is 0.152. The Bertz CT molecular complexity index is 1260. The third kappa shape index (κ3) is 4.55. The van der Waals surface area contributed by atoms with Gasteiger partial charge in [-0.05, 0) is 55.5 Å². The molecule has 0 aliphatic heterocycles. The number of fused-ring (bicyclic) bond motifs is 1. The van der Waals surface area contributed by atoms with Crippen molar-refractivity contribution in [3.63, 3.8) is 0 Å². The SMILES string of the molecule is CCOc1ccc(Oc2ccc(NC(=O)Cn3cnc4c(cnn4C)c3=O)cc2)cc1. The summed E-state index contributed by atoms with van der Waals surface area (Å²) in [6.45, 7) is 2.39. The van der Waals surface area contributed by atoms with Gasteiger partial charge < -0.3 is 14.8 Å². The lowest BCUT2D eigenvalue weighted by atomic mass is 10.3. The molecule has 1 N–H and O–H groups in total. The number of nitrogens with one attached hydrogen (secondary N) is 1. The number of nitrogens with zero attached hydrogens (tertiary/aromatic N) is 4. The third-order valence-corrected chi connectivity index (χ3v) is 4.54. The number of aromatic nitrogens is 4. The predicted molar refractivity (Wildman–Crippen MR) is 116 cm³/mol. The van der Waals surface area contributed by atoms with Gasteiger partial charge in [0.1, 0.15) is 35.5 Å². The molecule has 4 aromatic rings. The zero-order chi connectivity index (χ0) is 21.8. The van der Waals surface area contributed by atoms with E-state index in [-0.39, 0.29) is 18.0 Å². The smallest absolute Gasteiger partial charge is 0.264 e. The largest absolute Gasteiger partial charge is 0.494 e. The Hall–Kier alpha value is -4.14. The molecule has 0 atom stereocenters. The van der Waals surface area contributed by atoms with E-state index in [1.807, 2.05) is 31.2 Å². The molecule has 0 saturated heterocycles. The standard InChI is InChI=1S/C22H21N5O4/c1-3-30-16-8-10-18(11-9-16)31-17-6-4-15(5-7-17)25-20(28)13-27-14-23-21-19(22(27)29)12-24-26(21)2/h4-12,14H,3,13H2,1-2H3,(H,25,28). The molecule has 2 aromatic heterocycles. The van der Waals surface area contributed by atoms with Gasteiger partial charge in [0, 0.05) is 12.7 Å². The first-order valence-electron chi connectivity index (χ1n) is 9.71. The van der Waals surface area contributed by atoms with E-state index >= 15 is 0 Å². The second-order valence-corrected chi connectivity index (χ2v) is 6.76. The van der Waals surface area contributed by atoms with Gasteiger partial charge >= 0.3 is 0 Å². The molecule has 158 valence electrons. The van der Waals surface area contributed by atoms with Crippen LogP contribution in [0.5, 0.6) is 17.2 Å². The van der Waals surface area contributed by atoms with Crippen molar-refractivity contribution in [3.8, 4) is 17.2 Å². The van der Waals surface area contributed by atoms with Crippen LogP contribution >= 0.6 is 0 Å². The Kier molecular flexibility index (Phi) is 5.65. The van der Waals surface area contributed by atoms with E-state index in [0.29, 0.717) is 34.8 Å². The number of benzene rings is 2. The average molecular weight is 419 g/mol. The van der Waals surface area contributed by atoms with E-state index in [1.54, 1.807) is 31.3 Å². The van der Waals surface area contributed by atoms with E-state index in [4.69, 9.17) is 9.47 Å². The molecule has 9 heteroatoms. The topological polar surface area (TPSA) is 100 Å². The minimum atomic E-state index is -0.340. The number of hydrogen-bond acceptors (Lipinski definition) is 6. The summed E-state index contributed by atoms with van der Waals surface area (Å²) in [4.78, 5) is 29.0. The van der Waals surface area contributed by atoms with Crippen molar-refractivity contribution >= 4 is 22.6 Å². The van der Waals surface area contributed by atoms with Crippen LogP contribution in [0, 0.1) is 0 Å². The van der Waals surface area contributed by atoms with Crippen molar-refractivity contribution in [2.75, 3.05) is 11.9 Å². The molecule has 2 aromatic carbocycles. The zero-order valence-electron chi connectivity index (χ0n) is 17.1. The van der Waals surface area contributed by atoms with Crippen LogP contribution in [-0.2, 0) is 18.4 Å². The number of rotatable bonds is 7. The Morgan fingerprint density at radius 3 is 2.35 bits per heavy atom. The van der Waals surface area contributed by atoms with Crippen molar-refractivity contribution in [2.24, 2.45) is 7.05 Å². The molecule has 9 nitrogen and oxygen atoms in total. The Labute approximate surface area is 177 Å². The number of anilines is 1. The molecule has 1 amide bonds. The van der Waals surface area contributed by atoms with Crippen molar-refractivity contribution in [2.45, 2.75) is 13.5 Å². The molecule has 4 rings (SSSR count). The van der Waals surface area contributed by atoms with Gasteiger partial charge in [-0.15, -0.1) is 0 Å². The highest BCUT2D eigenvalue weighted by Gasteiger charge is 2.11. The van der Waals surface area contributed by atoms with E-state index in [0.717, 1.165) is 5.75 Å². The van der Waals surface area contributed by atoms with Crippen LogP contribution < -0.4 is 20.3 Å². The fourth-order valence-electron chi connectivity index (χ4n) is 3.05. The second kappa shape index (κ2) is 8.70. The molecule has 0 fully saturated rings. The summed E-state index contributed by atoms with van der Waals surface area (Å²) < 4.78 is 14.0. The molecule has 0 aliphatic carbocycles. The van der Waals surface area contributed by atoms with E-state index < -0.39 is 0 Å². The van der Waals surface area contributed by atoms with Crippen LogP contribution in [0.4, 0.5) is 5.69 Å². The molecule has 0 spiro atoms. The van der Waals surface area contributed by atoms with Gasteiger partial charge in [-0.1, -0.05) is 0 Å². The number of carbonyl (C=O) groups excluding carboxylic acids is 1. The maximum atomic E-state index is 12.5. The summed E-state index contributed by atoms with van der Waals surface area (Å²) in [5, 5.41) is 7.15. The van der Waals surface area contributed by atoms with Crippen molar-refractivity contribution in [3.05, 3.63) is 71.4 Å². The summed E-state index contributed by atoms with van der Waals surface area (Å²) >= 11 is 0. The van der Waals surface area contributed by atoms with Gasteiger partial charge in [-0.25, -0.2) is 4.98 Å². The van der Waals surface area contributed by atoms with E-state index in [2.05, 4.69) is 15.4 Å². The van der Waals surface area contributed by atoms with Crippen LogP contribution in [-0.4, -0.2) is 31.8 Å². The molecular weight excluding hydrogens is 398 g/mol. The summed E-state index contributed by atoms with van der Waals surface area (Å²) in [7, 11) is 1.70. The van der Waals surface area contributed by atoms with Crippen LogP contribution in [0.25, 0.3) is 11.0 Å². The highest BCUT2D eigenvalue weighted by Crippen LogP contribution is 2.25. The maximum absolute atomic E-state index is 12.5. The van der Waals surface area contributed by atoms with Gasteiger partial charge in [0.05, 0.1) is 12.8 Å². The summed E-state index contributed by atoms with van der Waals surface area (Å²) in [5.41, 5.74) is 0.754. The highest BCUT2D eigenvalue weighted by atomic mass is 16.5. The fraction of sp³-hybridized carbons (Fsp3) is 0.182. The number of carbonyl (C=O) groups is 1. The summed E-state index contributed by atoms with van der Waals surface area (Å²) in [6, 6.07) is 14.3. The van der Waals surface area contributed by atoms with Crippen LogP contribution in [0.1, 0.15) is 6.92 Å². The molecule has 31 heavy (non-hydrogen) atoms. The number of amides is 1. The van der Waals surface area contributed by atoms with Crippen molar-refractivity contribution < 1.29 is 14.3 Å². The van der Waals surface area contributed by atoms with Gasteiger partial charge in [-0.3, -0.25) is 18.8 Å². The first-order valence-corrected chi connectivity index (χ1v) is 9.71. The lowest BCUT2D eigenvalue weighted by Gasteiger charge is -2.10. The number of hydrogen-bond donors (Lipinski definition) is 1. The highest BCUT2D eigenvalue weighted by molar-refractivity contribution is 5.90. The van der Waals surface area contributed by atoms with E-state index in [1.165, 1.54) is 21.8 Å². The lowest BCUT2D eigenvalue weighted by Crippen LogP contribution is -2.27. The molecule has 0 unspecified atom stereocenters. The molecule has 0 aliphatic rings. The quantitative estimate of drug-likeness (QED) is 0.494. The number of ether oxygens (including phenoxy) is 2. The van der Waals surface area contributed by atoms with Gasteiger partial charge in [-0.2, -0.15) is 5.10 Å². The van der Waals surface area contributed by atoms with Gasteiger partial charge in [0.15, 0.2) is 5.65 Å². The normalized spacial score (nSPS) is 10.8. The van der Waals surface area contributed by atoms with Gasteiger partial charge in [0.25, 0.3) is 5.56 Å². The molecule has 2 heterocycles. The zero-order valence-corrected chi connectivity index (χ0v) is 17.1. The van der Waals surface area contributed by atoms with Crippen LogP contribution in [0.3, 0.4) is 0 Å². The summed E-state index contributed by atoms with van der Waals surface area (Å²) in [5.74, 6) is 1.75. The summed E-state index contributed by atoms with van der Waals surface area (Å²) in [6.07, 6.45) is 2.79. The van der Waals surface area contributed by atoms with Crippen molar-refractivity contribution in [1.82, 2.24) is 19.3 Å². The molecule has 0 saturated carbocycles. The average Bonchev–Trinajstić information content (AvgIpc) is 3.15. The monoisotopic (exact) mass is 419 g/mol. The molecule has 0 bridgehead atoms. The number of aryl methyl sites for hydroxylation is 1. The maximum Gasteiger partial charge on any atom is 0.264 e. The first kappa shape index (κ1) is 20.1.